The monoisotopic (exact) mass is 469 g/mol. The van der Waals surface area contributed by atoms with E-state index in [9.17, 15) is 9.59 Å². The molecule has 0 bridgehead atoms. The Kier molecular flexibility index (Phi) is 5.05. The van der Waals surface area contributed by atoms with Crippen molar-refractivity contribution in [2.45, 2.75) is 18.7 Å². The number of amides is 2. The second-order valence-corrected chi connectivity index (χ2v) is 8.83. The van der Waals surface area contributed by atoms with Gasteiger partial charge < -0.3 is 0 Å². The normalized spacial score (nSPS) is 22.0. The summed E-state index contributed by atoms with van der Waals surface area (Å²) in [5.41, 5.74) is 3.03. The van der Waals surface area contributed by atoms with E-state index in [0.717, 1.165) is 22.2 Å². The molecule has 2 aliphatic rings. The number of nitrogens with zero attached hydrogens (tertiary/aromatic N) is 3. The van der Waals surface area contributed by atoms with E-state index in [2.05, 4.69) is 4.98 Å². The van der Waals surface area contributed by atoms with Gasteiger partial charge in [-0.3, -0.25) is 19.3 Å². The molecule has 6 rings (SSSR count). The SMILES string of the molecule is O=C1[C@@H]2[C@H](ON(c3ccccc3)[C@@H]2c2cc3ccccc3nc2Cl)C(=O)N1Cc1ccccc1. The first-order valence-electron chi connectivity index (χ1n) is 11.1. The average Bonchev–Trinajstić information content (AvgIpc) is 3.37. The molecular weight excluding hydrogens is 450 g/mol. The standard InChI is InChI=1S/C27H20ClN3O3/c28-25-20(15-18-11-7-8-14-21(18)29-25)23-22-24(34-31(23)19-12-5-2-6-13-19)27(33)30(26(22)32)16-17-9-3-1-4-10-17/h1-15,22-24H,16H2/t22-,23+,24-/m0/s1. The van der Waals surface area contributed by atoms with Crippen molar-refractivity contribution in [2.75, 3.05) is 5.06 Å². The molecule has 2 amide bonds. The third-order valence-electron chi connectivity index (χ3n) is 6.42. The van der Waals surface area contributed by atoms with Gasteiger partial charge in [0.05, 0.1) is 23.8 Å². The average molecular weight is 470 g/mol. The number of hydroxylamine groups is 1. The fourth-order valence-corrected chi connectivity index (χ4v) is 5.08. The molecule has 4 aromatic rings. The molecule has 0 aliphatic carbocycles. The summed E-state index contributed by atoms with van der Waals surface area (Å²) in [6, 6.07) is 27.9. The minimum atomic E-state index is -0.927. The number of anilines is 1. The number of pyridine rings is 1. The van der Waals surface area contributed by atoms with Crippen molar-refractivity contribution < 1.29 is 14.4 Å². The lowest BCUT2D eigenvalue weighted by Crippen LogP contribution is -2.37. The number of imide groups is 1. The van der Waals surface area contributed by atoms with E-state index >= 15 is 0 Å². The number of benzene rings is 3. The third kappa shape index (κ3) is 3.34. The quantitative estimate of drug-likeness (QED) is 0.313. The van der Waals surface area contributed by atoms with Crippen LogP contribution in [0.3, 0.4) is 0 Å². The summed E-state index contributed by atoms with van der Waals surface area (Å²) < 4.78 is 0. The molecule has 2 fully saturated rings. The summed E-state index contributed by atoms with van der Waals surface area (Å²) in [7, 11) is 0. The second kappa shape index (κ2) is 8.24. The number of hydrogen-bond acceptors (Lipinski definition) is 5. The number of hydrogen-bond donors (Lipinski definition) is 0. The predicted octanol–water partition coefficient (Wildman–Crippen LogP) is 4.93. The van der Waals surface area contributed by atoms with E-state index in [1.807, 2.05) is 91.0 Å². The van der Waals surface area contributed by atoms with Crippen LogP contribution < -0.4 is 5.06 Å². The molecule has 1 aromatic heterocycles. The fourth-order valence-electron chi connectivity index (χ4n) is 4.82. The largest absolute Gasteiger partial charge is 0.275 e. The number of likely N-dealkylation sites (tertiary alicyclic amines) is 1. The first kappa shape index (κ1) is 20.8. The van der Waals surface area contributed by atoms with Crippen molar-refractivity contribution in [1.82, 2.24) is 9.88 Å². The van der Waals surface area contributed by atoms with Gasteiger partial charge in [-0.25, -0.2) is 10.0 Å². The van der Waals surface area contributed by atoms with E-state index in [0.29, 0.717) is 5.56 Å². The summed E-state index contributed by atoms with van der Waals surface area (Å²) in [5.74, 6) is -1.35. The molecular formula is C27H20ClN3O3. The summed E-state index contributed by atoms with van der Waals surface area (Å²) in [5, 5.41) is 2.83. The van der Waals surface area contributed by atoms with Gasteiger partial charge in [0.15, 0.2) is 6.10 Å². The zero-order valence-electron chi connectivity index (χ0n) is 18.0. The van der Waals surface area contributed by atoms with Gasteiger partial charge in [0.25, 0.3) is 5.91 Å². The molecule has 3 heterocycles. The molecule has 0 saturated carbocycles. The molecule has 0 unspecified atom stereocenters. The Balaban J connectivity index is 1.45. The van der Waals surface area contributed by atoms with Crippen LogP contribution in [-0.2, 0) is 21.0 Å². The number of aromatic nitrogens is 1. The van der Waals surface area contributed by atoms with Crippen LogP contribution in [0.2, 0.25) is 5.15 Å². The lowest BCUT2D eigenvalue weighted by Gasteiger charge is -2.29. The van der Waals surface area contributed by atoms with Crippen LogP contribution in [0.1, 0.15) is 17.2 Å². The second-order valence-electron chi connectivity index (χ2n) is 8.47. The summed E-state index contributed by atoms with van der Waals surface area (Å²) in [6.07, 6.45) is -0.927. The van der Waals surface area contributed by atoms with Gasteiger partial charge >= 0.3 is 0 Å². The number of carbonyl (C=O) groups is 2. The minimum Gasteiger partial charge on any atom is -0.275 e. The lowest BCUT2D eigenvalue weighted by atomic mass is 9.90. The Morgan fingerprint density at radius 2 is 1.53 bits per heavy atom. The van der Waals surface area contributed by atoms with Gasteiger partial charge in [0, 0.05) is 10.9 Å². The van der Waals surface area contributed by atoms with Crippen LogP contribution in [0.4, 0.5) is 5.69 Å². The molecule has 6 nitrogen and oxygen atoms in total. The van der Waals surface area contributed by atoms with Crippen LogP contribution in [-0.4, -0.2) is 27.8 Å². The molecule has 0 spiro atoms. The maximum Gasteiger partial charge on any atom is 0.262 e. The van der Waals surface area contributed by atoms with E-state index < -0.39 is 18.1 Å². The fraction of sp³-hybridized carbons (Fsp3) is 0.148. The molecule has 0 radical (unpaired) electrons. The third-order valence-corrected chi connectivity index (χ3v) is 6.73. The highest BCUT2D eigenvalue weighted by molar-refractivity contribution is 6.30. The van der Waals surface area contributed by atoms with Crippen molar-refractivity contribution in [1.29, 1.82) is 0 Å². The van der Waals surface area contributed by atoms with Gasteiger partial charge in [-0.15, -0.1) is 0 Å². The van der Waals surface area contributed by atoms with Crippen molar-refractivity contribution in [2.24, 2.45) is 5.92 Å². The van der Waals surface area contributed by atoms with Crippen molar-refractivity contribution in [3.63, 3.8) is 0 Å². The van der Waals surface area contributed by atoms with E-state index in [1.165, 1.54) is 4.90 Å². The molecule has 34 heavy (non-hydrogen) atoms. The topological polar surface area (TPSA) is 62.7 Å². The van der Waals surface area contributed by atoms with Gasteiger partial charge in [0.2, 0.25) is 5.91 Å². The molecule has 3 aromatic carbocycles. The summed E-state index contributed by atoms with van der Waals surface area (Å²) >= 11 is 6.67. The minimum absolute atomic E-state index is 0.205. The Hall–Kier alpha value is -3.74. The zero-order valence-corrected chi connectivity index (χ0v) is 18.8. The number of fused-ring (bicyclic) bond motifs is 2. The maximum atomic E-state index is 13.7. The lowest BCUT2D eigenvalue weighted by molar-refractivity contribution is -0.143. The van der Waals surface area contributed by atoms with Crippen molar-refractivity contribution in [3.8, 4) is 0 Å². The first-order chi connectivity index (χ1) is 16.6. The van der Waals surface area contributed by atoms with E-state index in [-0.39, 0.29) is 23.5 Å². The van der Waals surface area contributed by atoms with E-state index in [1.54, 1.807) is 5.06 Å². The zero-order chi connectivity index (χ0) is 23.2. The highest BCUT2D eigenvalue weighted by Gasteiger charge is 2.60. The maximum absolute atomic E-state index is 13.7. The Labute approximate surface area is 201 Å². The summed E-state index contributed by atoms with van der Waals surface area (Å²) in [6.45, 7) is 0.205. The number of para-hydroxylation sites is 2. The molecule has 2 saturated heterocycles. The Morgan fingerprint density at radius 3 is 2.29 bits per heavy atom. The van der Waals surface area contributed by atoms with Crippen LogP contribution in [0, 0.1) is 5.92 Å². The Bertz CT molecular complexity index is 1400. The van der Waals surface area contributed by atoms with Crippen LogP contribution in [0.15, 0.2) is 91.0 Å². The number of rotatable bonds is 4. The summed E-state index contributed by atoms with van der Waals surface area (Å²) in [4.78, 5) is 39.1. The first-order valence-corrected chi connectivity index (χ1v) is 11.4. The van der Waals surface area contributed by atoms with Gasteiger partial charge in [-0.2, -0.15) is 0 Å². The predicted molar refractivity (Wildman–Crippen MR) is 129 cm³/mol. The van der Waals surface area contributed by atoms with E-state index in [4.69, 9.17) is 16.4 Å². The van der Waals surface area contributed by atoms with Crippen molar-refractivity contribution in [3.05, 3.63) is 107 Å². The number of halogens is 1. The number of carbonyl (C=O) groups excluding carboxylic acids is 2. The molecule has 3 atom stereocenters. The van der Waals surface area contributed by atoms with Crippen LogP contribution in [0.5, 0.6) is 0 Å². The molecule has 7 heteroatoms. The van der Waals surface area contributed by atoms with Crippen LogP contribution in [0.25, 0.3) is 10.9 Å². The van der Waals surface area contributed by atoms with Gasteiger partial charge in [-0.1, -0.05) is 78.3 Å². The highest BCUT2D eigenvalue weighted by atomic mass is 35.5. The molecule has 168 valence electrons. The highest BCUT2D eigenvalue weighted by Crippen LogP contribution is 2.48. The smallest absolute Gasteiger partial charge is 0.262 e. The van der Waals surface area contributed by atoms with Crippen molar-refractivity contribution >= 4 is 40.0 Å². The molecule has 0 N–H and O–H groups in total. The Morgan fingerprint density at radius 1 is 0.853 bits per heavy atom. The molecule has 2 aliphatic heterocycles. The van der Waals surface area contributed by atoms with Gasteiger partial charge in [0.1, 0.15) is 11.1 Å². The van der Waals surface area contributed by atoms with Crippen LogP contribution >= 0.6 is 11.6 Å². The van der Waals surface area contributed by atoms with Gasteiger partial charge in [-0.05, 0) is 29.8 Å².